The van der Waals surface area contributed by atoms with E-state index in [1.165, 1.54) is 18.2 Å². The van der Waals surface area contributed by atoms with Gasteiger partial charge in [-0.05, 0) is 44.0 Å². The molecular weight excluding hydrogens is 222 g/mol. The van der Waals surface area contributed by atoms with Crippen LogP contribution in [0.4, 0.5) is 5.69 Å². The summed E-state index contributed by atoms with van der Waals surface area (Å²) in [6.07, 6.45) is 4.40. The fourth-order valence-electron chi connectivity index (χ4n) is 2.59. The van der Waals surface area contributed by atoms with Crippen molar-refractivity contribution in [3.8, 4) is 0 Å². The Morgan fingerprint density at radius 1 is 1.17 bits per heavy atom. The van der Waals surface area contributed by atoms with Crippen LogP contribution in [0.1, 0.15) is 12.8 Å². The molecular formula is C15H19N3. The van der Waals surface area contributed by atoms with Gasteiger partial charge < -0.3 is 10.6 Å². The van der Waals surface area contributed by atoms with Crippen LogP contribution in [-0.4, -0.2) is 24.6 Å². The van der Waals surface area contributed by atoms with Crippen LogP contribution in [0.25, 0.3) is 10.9 Å². The van der Waals surface area contributed by atoms with Gasteiger partial charge in [-0.25, -0.2) is 0 Å². The number of aromatic nitrogens is 1. The van der Waals surface area contributed by atoms with Gasteiger partial charge in [0, 0.05) is 18.1 Å². The number of benzene rings is 1. The highest BCUT2D eigenvalue weighted by atomic mass is 14.9. The van der Waals surface area contributed by atoms with Crippen molar-refractivity contribution in [3.05, 3.63) is 36.5 Å². The topological polar surface area (TPSA) is 37.0 Å². The summed E-state index contributed by atoms with van der Waals surface area (Å²) in [5, 5.41) is 8.17. The molecule has 1 aromatic heterocycles. The molecule has 1 aliphatic rings. The lowest BCUT2D eigenvalue weighted by atomic mass is 9.98. The van der Waals surface area contributed by atoms with E-state index < -0.39 is 0 Å². The number of pyridine rings is 1. The summed E-state index contributed by atoms with van der Waals surface area (Å²) in [5.74, 6) is 0.783. The summed E-state index contributed by atoms with van der Waals surface area (Å²) in [7, 11) is 0. The Hall–Kier alpha value is -1.61. The quantitative estimate of drug-likeness (QED) is 0.867. The predicted molar refractivity (Wildman–Crippen MR) is 75.8 cm³/mol. The van der Waals surface area contributed by atoms with Crippen LogP contribution in [0.5, 0.6) is 0 Å². The summed E-state index contributed by atoms with van der Waals surface area (Å²) in [6.45, 7) is 3.36. The molecule has 94 valence electrons. The van der Waals surface area contributed by atoms with Crippen molar-refractivity contribution in [3.63, 3.8) is 0 Å². The predicted octanol–water partition coefficient (Wildman–Crippen LogP) is 2.65. The highest BCUT2D eigenvalue weighted by Gasteiger charge is 2.12. The van der Waals surface area contributed by atoms with E-state index in [0.29, 0.717) is 0 Å². The first-order valence-electron chi connectivity index (χ1n) is 6.72. The van der Waals surface area contributed by atoms with E-state index in [1.807, 2.05) is 12.3 Å². The van der Waals surface area contributed by atoms with Crippen molar-refractivity contribution < 1.29 is 0 Å². The fraction of sp³-hybridized carbons (Fsp3) is 0.400. The van der Waals surface area contributed by atoms with Crippen molar-refractivity contribution in [2.45, 2.75) is 12.8 Å². The third-order valence-electron chi connectivity index (χ3n) is 3.67. The smallest absolute Gasteiger partial charge is 0.0933 e. The Morgan fingerprint density at radius 2 is 2.00 bits per heavy atom. The number of fused-ring (bicyclic) bond motifs is 1. The van der Waals surface area contributed by atoms with E-state index >= 15 is 0 Å². The SMILES string of the molecule is c1cnc2c(NCC3CCNCC3)cccc2c1. The standard InChI is InChI=1S/C15H19N3/c1-3-13-4-2-8-17-15(13)14(5-1)18-11-12-6-9-16-10-7-12/h1-5,8,12,16,18H,6-7,9-11H2. The lowest BCUT2D eigenvalue weighted by molar-refractivity contribution is 0.390. The van der Waals surface area contributed by atoms with E-state index in [0.717, 1.165) is 36.8 Å². The van der Waals surface area contributed by atoms with Crippen LogP contribution >= 0.6 is 0 Å². The Labute approximate surface area is 108 Å². The molecule has 0 amide bonds. The summed E-state index contributed by atoms with van der Waals surface area (Å²) in [6, 6.07) is 10.4. The minimum absolute atomic E-state index is 0.783. The molecule has 0 saturated carbocycles. The lowest BCUT2D eigenvalue weighted by Crippen LogP contribution is -2.31. The number of nitrogens with one attached hydrogen (secondary N) is 2. The van der Waals surface area contributed by atoms with Crippen LogP contribution in [0.3, 0.4) is 0 Å². The molecule has 1 aliphatic heterocycles. The van der Waals surface area contributed by atoms with E-state index in [2.05, 4.69) is 39.9 Å². The number of para-hydroxylation sites is 1. The van der Waals surface area contributed by atoms with Gasteiger partial charge in [0.2, 0.25) is 0 Å². The first kappa shape index (κ1) is 11.5. The molecule has 0 radical (unpaired) electrons. The molecule has 3 heteroatoms. The zero-order valence-electron chi connectivity index (χ0n) is 10.5. The first-order valence-corrected chi connectivity index (χ1v) is 6.72. The number of rotatable bonds is 3. The summed E-state index contributed by atoms with van der Waals surface area (Å²) >= 11 is 0. The van der Waals surface area contributed by atoms with Crippen molar-refractivity contribution in [2.75, 3.05) is 25.0 Å². The molecule has 0 bridgehead atoms. The van der Waals surface area contributed by atoms with Gasteiger partial charge in [-0.3, -0.25) is 4.98 Å². The highest BCUT2D eigenvalue weighted by Crippen LogP contribution is 2.21. The van der Waals surface area contributed by atoms with Crippen molar-refractivity contribution >= 4 is 16.6 Å². The zero-order valence-corrected chi connectivity index (χ0v) is 10.5. The normalized spacial score (nSPS) is 16.9. The number of anilines is 1. The molecule has 0 aliphatic carbocycles. The molecule has 0 spiro atoms. The van der Waals surface area contributed by atoms with Crippen molar-refractivity contribution in [2.24, 2.45) is 5.92 Å². The molecule has 18 heavy (non-hydrogen) atoms. The lowest BCUT2D eigenvalue weighted by Gasteiger charge is -2.23. The second kappa shape index (κ2) is 5.36. The maximum atomic E-state index is 4.47. The number of hydrogen-bond acceptors (Lipinski definition) is 3. The first-order chi connectivity index (χ1) is 8.93. The second-order valence-electron chi connectivity index (χ2n) is 4.95. The molecule has 1 saturated heterocycles. The van der Waals surface area contributed by atoms with Gasteiger partial charge in [0.1, 0.15) is 0 Å². The Kier molecular flexibility index (Phi) is 3.42. The molecule has 1 aromatic carbocycles. The maximum absolute atomic E-state index is 4.47. The van der Waals surface area contributed by atoms with Gasteiger partial charge in [0.05, 0.1) is 11.2 Å². The molecule has 0 atom stereocenters. The largest absolute Gasteiger partial charge is 0.383 e. The second-order valence-corrected chi connectivity index (χ2v) is 4.95. The van der Waals surface area contributed by atoms with E-state index in [-0.39, 0.29) is 0 Å². The summed E-state index contributed by atoms with van der Waals surface area (Å²) in [4.78, 5) is 4.47. The highest BCUT2D eigenvalue weighted by molar-refractivity contribution is 5.90. The van der Waals surface area contributed by atoms with Gasteiger partial charge in [-0.15, -0.1) is 0 Å². The molecule has 3 rings (SSSR count). The van der Waals surface area contributed by atoms with Gasteiger partial charge in [-0.2, -0.15) is 0 Å². The average Bonchev–Trinajstić information content (AvgIpc) is 2.46. The monoisotopic (exact) mass is 241 g/mol. The fourth-order valence-corrected chi connectivity index (χ4v) is 2.59. The third kappa shape index (κ3) is 2.46. The Morgan fingerprint density at radius 3 is 2.89 bits per heavy atom. The van der Waals surface area contributed by atoms with Gasteiger partial charge >= 0.3 is 0 Å². The number of piperidine rings is 1. The van der Waals surface area contributed by atoms with Crippen LogP contribution < -0.4 is 10.6 Å². The summed E-state index contributed by atoms with van der Waals surface area (Å²) < 4.78 is 0. The van der Waals surface area contributed by atoms with Crippen LogP contribution in [-0.2, 0) is 0 Å². The molecule has 3 nitrogen and oxygen atoms in total. The van der Waals surface area contributed by atoms with Gasteiger partial charge in [0.25, 0.3) is 0 Å². The number of hydrogen-bond donors (Lipinski definition) is 2. The van der Waals surface area contributed by atoms with Crippen LogP contribution in [0.2, 0.25) is 0 Å². The summed E-state index contributed by atoms with van der Waals surface area (Å²) in [5.41, 5.74) is 2.24. The number of nitrogens with zero attached hydrogens (tertiary/aromatic N) is 1. The van der Waals surface area contributed by atoms with E-state index in [9.17, 15) is 0 Å². The van der Waals surface area contributed by atoms with Gasteiger partial charge in [0.15, 0.2) is 0 Å². The Bertz CT molecular complexity index is 513. The van der Waals surface area contributed by atoms with E-state index in [4.69, 9.17) is 0 Å². The molecule has 2 N–H and O–H groups in total. The molecule has 2 heterocycles. The Balaban J connectivity index is 1.74. The maximum Gasteiger partial charge on any atom is 0.0933 e. The molecule has 0 unspecified atom stereocenters. The minimum atomic E-state index is 0.783. The van der Waals surface area contributed by atoms with Gasteiger partial charge in [-0.1, -0.05) is 18.2 Å². The van der Waals surface area contributed by atoms with Crippen molar-refractivity contribution in [1.29, 1.82) is 0 Å². The average molecular weight is 241 g/mol. The zero-order chi connectivity index (χ0) is 12.2. The third-order valence-corrected chi connectivity index (χ3v) is 3.67. The van der Waals surface area contributed by atoms with Crippen molar-refractivity contribution in [1.82, 2.24) is 10.3 Å². The minimum Gasteiger partial charge on any atom is -0.383 e. The molecule has 1 fully saturated rings. The van der Waals surface area contributed by atoms with E-state index in [1.54, 1.807) is 0 Å². The van der Waals surface area contributed by atoms with Crippen LogP contribution in [0.15, 0.2) is 36.5 Å². The molecule has 2 aromatic rings. The van der Waals surface area contributed by atoms with Crippen LogP contribution in [0, 0.1) is 5.92 Å².